The molecule has 0 saturated heterocycles. The van der Waals surface area contributed by atoms with Crippen LogP contribution in [0.15, 0.2) is 29.8 Å². The zero-order valence-corrected chi connectivity index (χ0v) is 20.3. The van der Waals surface area contributed by atoms with Crippen molar-refractivity contribution in [1.82, 2.24) is 0 Å². The first kappa shape index (κ1) is 26.5. The third-order valence-electron chi connectivity index (χ3n) is 4.53. The molecule has 9 nitrogen and oxygen atoms in total. The lowest BCUT2D eigenvalue weighted by Crippen LogP contribution is -2.13. The molecule has 2 aromatic carbocycles. The molecule has 0 N–H and O–H groups in total. The molecule has 0 aliphatic heterocycles. The van der Waals surface area contributed by atoms with Crippen LogP contribution >= 0.6 is 0 Å². The van der Waals surface area contributed by atoms with E-state index < -0.39 is 30.0 Å². The molecule has 2 aromatic rings. The largest absolute Gasteiger partial charge is 0.426 e. The van der Waals surface area contributed by atoms with Crippen LogP contribution in [0.3, 0.4) is 0 Å². The molecule has 34 heavy (non-hydrogen) atoms. The minimum atomic E-state index is -0.647. The van der Waals surface area contributed by atoms with Crippen LogP contribution in [0, 0.1) is 0 Å². The Morgan fingerprint density at radius 1 is 0.735 bits per heavy atom. The molecule has 1 unspecified atom stereocenters. The van der Waals surface area contributed by atoms with Gasteiger partial charge < -0.3 is 23.7 Å². The van der Waals surface area contributed by atoms with E-state index in [1.165, 1.54) is 53.0 Å². The van der Waals surface area contributed by atoms with Gasteiger partial charge in [0.1, 0.15) is 23.0 Å². The molecule has 0 amide bonds. The molecule has 0 spiro atoms. The second-order valence-corrected chi connectivity index (χ2v) is 7.72. The lowest BCUT2D eigenvalue weighted by atomic mass is 9.97. The summed E-state index contributed by atoms with van der Waals surface area (Å²) in [6, 6.07) is 4.27. The van der Waals surface area contributed by atoms with Crippen molar-refractivity contribution in [2.24, 2.45) is 0 Å². The zero-order valence-electron chi connectivity index (χ0n) is 20.3. The predicted octanol–water partition coefficient (Wildman–Crippen LogP) is 4.58. The summed E-state index contributed by atoms with van der Waals surface area (Å²) in [6.07, 6.45) is 1.72. The summed E-state index contributed by atoms with van der Waals surface area (Å²) in [5, 5.41) is 0.221. The van der Waals surface area contributed by atoms with Gasteiger partial charge in [0.05, 0.1) is 16.9 Å². The van der Waals surface area contributed by atoms with Crippen molar-refractivity contribution in [3.05, 3.63) is 35.4 Å². The van der Waals surface area contributed by atoms with Gasteiger partial charge in [-0.05, 0) is 38.5 Å². The third-order valence-corrected chi connectivity index (χ3v) is 4.53. The van der Waals surface area contributed by atoms with Gasteiger partial charge in [-0.15, -0.1) is 0 Å². The van der Waals surface area contributed by atoms with Crippen molar-refractivity contribution in [2.75, 3.05) is 7.11 Å². The monoisotopic (exact) mass is 472 g/mol. The van der Waals surface area contributed by atoms with E-state index in [0.717, 1.165) is 5.57 Å². The van der Waals surface area contributed by atoms with Gasteiger partial charge in [-0.3, -0.25) is 19.2 Å². The minimum Gasteiger partial charge on any atom is -0.426 e. The third kappa shape index (κ3) is 6.64. The van der Waals surface area contributed by atoms with Crippen molar-refractivity contribution in [3.8, 4) is 23.0 Å². The number of methoxy groups -OCH3 is 1. The first-order chi connectivity index (χ1) is 15.9. The maximum absolute atomic E-state index is 12.1. The first-order valence-electron chi connectivity index (χ1n) is 10.5. The van der Waals surface area contributed by atoms with Crippen LogP contribution in [0.2, 0.25) is 0 Å². The number of benzene rings is 2. The highest BCUT2D eigenvalue weighted by atomic mass is 16.6. The van der Waals surface area contributed by atoms with E-state index in [0.29, 0.717) is 12.0 Å². The molecule has 182 valence electrons. The van der Waals surface area contributed by atoms with E-state index >= 15 is 0 Å². The Morgan fingerprint density at radius 3 is 1.65 bits per heavy atom. The van der Waals surface area contributed by atoms with Crippen LogP contribution in [0.25, 0.3) is 10.8 Å². The van der Waals surface area contributed by atoms with Gasteiger partial charge in [-0.25, -0.2) is 0 Å². The standard InChI is InChI=1S/C25H28O9/c1-13(2)8-9-19(30-7)18-12-22(33-16(5)28)23-20(31-14(3)26)10-11-21(32-15(4)27)24(23)25(18)34-17(6)29/h8,10-12,19H,9H2,1-7H3. The quantitative estimate of drug-likeness (QED) is 0.309. The molecule has 0 aliphatic rings. The number of allylic oxidation sites excluding steroid dienone is 1. The lowest BCUT2D eigenvalue weighted by molar-refractivity contribution is -0.133. The molecule has 0 aromatic heterocycles. The number of carbonyl (C=O) groups excluding carboxylic acids is 4. The fourth-order valence-electron chi connectivity index (χ4n) is 3.36. The molecule has 0 aliphatic carbocycles. The second kappa shape index (κ2) is 11.4. The number of carbonyl (C=O) groups is 4. The maximum atomic E-state index is 12.1. The Morgan fingerprint density at radius 2 is 1.21 bits per heavy atom. The Balaban J connectivity index is 3.08. The Kier molecular flexibility index (Phi) is 8.91. The number of rotatable bonds is 8. The van der Waals surface area contributed by atoms with E-state index in [9.17, 15) is 19.2 Å². The van der Waals surface area contributed by atoms with Crippen molar-refractivity contribution in [3.63, 3.8) is 0 Å². The van der Waals surface area contributed by atoms with Crippen molar-refractivity contribution >= 4 is 34.6 Å². The molecular formula is C25H28O9. The van der Waals surface area contributed by atoms with Gasteiger partial charge in [0.25, 0.3) is 0 Å². The number of hydrogen-bond acceptors (Lipinski definition) is 9. The van der Waals surface area contributed by atoms with Crippen molar-refractivity contribution in [1.29, 1.82) is 0 Å². The van der Waals surface area contributed by atoms with E-state index in [1.54, 1.807) is 0 Å². The second-order valence-electron chi connectivity index (χ2n) is 7.72. The first-order valence-corrected chi connectivity index (χ1v) is 10.5. The Labute approximate surface area is 197 Å². The van der Waals surface area contributed by atoms with E-state index in [2.05, 4.69) is 0 Å². The summed E-state index contributed by atoms with van der Waals surface area (Å²) < 4.78 is 27.4. The van der Waals surface area contributed by atoms with Crippen LogP contribution < -0.4 is 18.9 Å². The van der Waals surface area contributed by atoms with Gasteiger partial charge in [-0.2, -0.15) is 0 Å². The molecule has 0 fully saturated rings. The molecule has 0 heterocycles. The highest BCUT2D eigenvalue weighted by Gasteiger charge is 2.28. The van der Waals surface area contributed by atoms with Crippen molar-refractivity contribution < 1.29 is 42.9 Å². The van der Waals surface area contributed by atoms with E-state index in [1.807, 2.05) is 19.9 Å². The normalized spacial score (nSPS) is 11.4. The predicted molar refractivity (Wildman–Crippen MR) is 123 cm³/mol. The smallest absolute Gasteiger partial charge is 0.308 e. The summed E-state index contributed by atoms with van der Waals surface area (Å²) >= 11 is 0. The fourth-order valence-corrected chi connectivity index (χ4v) is 3.36. The molecule has 2 rings (SSSR count). The molecule has 0 bridgehead atoms. The number of hydrogen-bond donors (Lipinski definition) is 0. The zero-order chi connectivity index (χ0) is 25.6. The summed E-state index contributed by atoms with van der Waals surface area (Å²) in [4.78, 5) is 47.6. The highest BCUT2D eigenvalue weighted by Crippen LogP contribution is 2.49. The van der Waals surface area contributed by atoms with Crippen LogP contribution in [0.5, 0.6) is 23.0 Å². The van der Waals surface area contributed by atoms with Crippen LogP contribution in [0.4, 0.5) is 0 Å². The molecule has 0 radical (unpaired) electrons. The molecule has 9 heteroatoms. The maximum Gasteiger partial charge on any atom is 0.308 e. The van der Waals surface area contributed by atoms with Gasteiger partial charge in [-0.1, -0.05) is 11.6 Å². The van der Waals surface area contributed by atoms with Gasteiger partial charge in [0.15, 0.2) is 0 Å². The minimum absolute atomic E-state index is 0.0119. The number of ether oxygens (including phenoxy) is 5. The lowest BCUT2D eigenvalue weighted by Gasteiger charge is -2.23. The van der Waals surface area contributed by atoms with Crippen LogP contribution in [-0.4, -0.2) is 31.0 Å². The molecule has 0 saturated carbocycles. The Hall–Kier alpha value is -3.72. The molecule has 1 atom stereocenters. The topological polar surface area (TPSA) is 114 Å². The van der Waals surface area contributed by atoms with Gasteiger partial charge >= 0.3 is 23.9 Å². The highest BCUT2D eigenvalue weighted by molar-refractivity contribution is 6.06. The fraction of sp³-hybridized carbons (Fsp3) is 0.360. The van der Waals surface area contributed by atoms with Gasteiger partial charge in [0.2, 0.25) is 0 Å². The number of fused-ring (bicyclic) bond motifs is 1. The van der Waals surface area contributed by atoms with Crippen molar-refractivity contribution in [2.45, 2.75) is 54.1 Å². The van der Waals surface area contributed by atoms with Gasteiger partial charge in [0, 0.05) is 40.4 Å². The van der Waals surface area contributed by atoms with E-state index in [4.69, 9.17) is 23.7 Å². The van der Waals surface area contributed by atoms with Crippen LogP contribution in [-0.2, 0) is 23.9 Å². The Bertz CT molecular complexity index is 1160. The van der Waals surface area contributed by atoms with Crippen LogP contribution in [0.1, 0.15) is 59.6 Å². The summed E-state index contributed by atoms with van der Waals surface area (Å²) in [7, 11) is 1.49. The average Bonchev–Trinajstić information content (AvgIpc) is 2.70. The number of esters is 4. The summed E-state index contributed by atoms with van der Waals surface area (Å²) in [6.45, 7) is 8.70. The summed E-state index contributed by atoms with van der Waals surface area (Å²) in [5.41, 5.74) is 1.40. The van der Waals surface area contributed by atoms with E-state index in [-0.39, 0.29) is 33.8 Å². The average molecular weight is 472 g/mol. The summed E-state index contributed by atoms with van der Waals surface area (Å²) in [5.74, 6) is -2.48. The molecular weight excluding hydrogens is 444 g/mol. The SMILES string of the molecule is COC(CC=C(C)C)c1cc(OC(C)=O)c2c(OC(C)=O)ccc(OC(C)=O)c2c1OC(C)=O.